The van der Waals surface area contributed by atoms with Crippen LogP contribution in [-0.4, -0.2) is 53.5 Å². The third-order valence-corrected chi connectivity index (χ3v) is 6.49. The molecule has 0 aliphatic carbocycles. The monoisotopic (exact) mass is 534 g/mol. The lowest BCUT2D eigenvalue weighted by atomic mass is 9.78. The van der Waals surface area contributed by atoms with Gasteiger partial charge in [-0.25, -0.2) is 4.39 Å². The standard InChI is InChI=1S/C25H25F7N2O3/c1-14-7-18(26)3-4-19(14)21-12-34(22(36)13-35)6-5-20(21)23(37)33(2)11-15-8-16(24(27,28)29)10-17(9-15)25(30,31)32/h3-4,7-10,20-21,35H,5-6,11-13H2,1-2H3. The highest BCUT2D eigenvalue weighted by molar-refractivity contribution is 5.81. The molecule has 0 radical (unpaired) electrons. The van der Waals surface area contributed by atoms with Crippen LogP contribution in [0.4, 0.5) is 30.7 Å². The summed E-state index contributed by atoms with van der Waals surface area (Å²) in [5, 5.41) is 9.25. The Morgan fingerprint density at radius 2 is 1.62 bits per heavy atom. The van der Waals surface area contributed by atoms with Crippen LogP contribution in [0.2, 0.25) is 0 Å². The van der Waals surface area contributed by atoms with Gasteiger partial charge >= 0.3 is 12.4 Å². The van der Waals surface area contributed by atoms with Crippen LogP contribution in [0.1, 0.15) is 40.2 Å². The molecule has 3 rings (SSSR count). The van der Waals surface area contributed by atoms with Crippen LogP contribution in [0.25, 0.3) is 0 Å². The second kappa shape index (κ2) is 10.7. The largest absolute Gasteiger partial charge is 0.416 e. The number of rotatable bonds is 5. The number of piperidine rings is 1. The van der Waals surface area contributed by atoms with Gasteiger partial charge in [-0.05, 0) is 60.4 Å². The highest BCUT2D eigenvalue weighted by Crippen LogP contribution is 2.38. The van der Waals surface area contributed by atoms with E-state index in [1.807, 2.05) is 0 Å². The van der Waals surface area contributed by atoms with Crippen molar-refractivity contribution < 1.29 is 45.4 Å². The van der Waals surface area contributed by atoms with E-state index in [0.29, 0.717) is 23.3 Å². The molecule has 2 unspecified atom stereocenters. The molecule has 37 heavy (non-hydrogen) atoms. The minimum Gasteiger partial charge on any atom is -0.387 e. The normalized spacial score (nSPS) is 18.6. The van der Waals surface area contributed by atoms with Crippen molar-refractivity contribution >= 4 is 11.8 Å². The SMILES string of the molecule is Cc1cc(F)ccc1C1CN(C(=O)CO)CCC1C(=O)N(C)Cc1cc(C(F)(F)F)cc(C(F)(F)F)c1. The number of benzene rings is 2. The van der Waals surface area contributed by atoms with Crippen molar-refractivity contribution in [3.05, 3.63) is 70.0 Å². The van der Waals surface area contributed by atoms with Crippen molar-refractivity contribution in [2.24, 2.45) is 5.92 Å². The molecule has 1 fully saturated rings. The maximum atomic E-state index is 13.7. The summed E-state index contributed by atoms with van der Waals surface area (Å²) in [6, 6.07) is 5.10. The van der Waals surface area contributed by atoms with Gasteiger partial charge in [-0.3, -0.25) is 9.59 Å². The number of halogens is 7. The van der Waals surface area contributed by atoms with E-state index in [2.05, 4.69) is 0 Å². The number of aliphatic hydroxyl groups excluding tert-OH is 1. The number of likely N-dealkylation sites (tertiary alicyclic amines) is 1. The molecule has 1 aliphatic rings. The summed E-state index contributed by atoms with van der Waals surface area (Å²) in [6.45, 7) is 0.499. The first kappa shape index (κ1) is 28.4. The van der Waals surface area contributed by atoms with E-state index in [4.69, 9.17) is 0 Å². The predicted octanol–water partition coefficient (Wildman–Crippen LogP) is 4.75. The maximum Gasteiger partial charge on any atom is 0.416 e. The number of nitrogens with zero attached hydrogens (tertiary/aromatic N) is 2. The van der Waals surface area contributed by atoms with Gasteiger partial charge in [0.25, 0.3) is 0 Å². The quantitative estimate of drug-likeness (QED) is 0.564. The lowest BCUT2D eigenvalue weighted by Gasteiger charge is -2.40. The highest BCUT2D eigenvalue weighted by atomic mass is 19.4. The summed E-state index contributed by atoms with van der Waals surface area (Å²) >= 11 is 0. The Morgan fingerprint density at radius 1 is 1.03 bits per heavy atom. The lowest BCUT2D eigenvalue weighted by molar-refractivity contribution is -0.143. The number of hydrogen-bond acceptors (Lipinski definition) is 3. The van der Waals surface area contributed by atoms with E-state index in [-0.39, 0.29) is 31.1 Å². The fourth-order valence-corrected chi connectivity index (χ4v) is 4.69. The zero-order valence-corrected chi connectivity index (χ0v) is 20.0. The van der Waals surface area contributed by atoms with Gasteiger partial charge in [-0.2, -0.15) is 26.3 Å². The molecule has 0 spiro atoms. The number of amides is 2. The summed E-state index contributed by atoms with van der Waals surface area (Å²) in [7, 11) is 1.27. The van der Waals surface area contributed by atoms with Crippen LogP contribution in [-0.2, 0) is 28.5 Å². The summed E-state index contributed by atoms with van der Waals surface area (Å²) in [6.07, 6.45) is -9.90. The molecule has 2 amide bonds. The van der Waals surface area contributed by atoms with Crippen LogP contribution >= 0.6 is 0 Å². The molecule has 12 heteroatoms. The van der Waals surface area contributed by atoms with Crippen molar-refractivity contribution in [1.82, 2.24) is 9.80 Å². The summed E-state index contributed by atoms with van der Waals surface area (Å²) in [5.74, 6) is -3.04. The zero-order chi connectivity index (χ0) is 27.7. The van der Waals surface area contributed by atoms with E-state index in [9.17, 15) is 45.4 Å². The molecule has 2 aromatic rings. The van der Waals surface area contributed by atoms with Crippen molar-refractivity contribution in [3.8, 4) is 0 Å². The third-order valence-electron chi connectivity index (χ3n) is 6.49. The molecular formula is C25H25F7N2O3. The van der Waals surface area contributed by atoms with Gasteiger partial charge in [0, 0.05) is 38.5 Å². The molecule has 1 heterocycles. The van der Waals surface area contributed by atoms with Crippen molar-refractivity contribution in [2.45, 2.75) is 38.2 Å². The van der Waals surface area contributed by atoms with E-state index in [0.717, 1.165) is 4.90 Å². The molecule has 0 saturated carbocycles. The van der Waals surface area contributed by atoms with E-state index in [1.165, 1.54) is 30.1 Å². The first-order chi connectivity index (χ1) is 17.1. The Hall–Kier alpha value is -3.15. The average molecular weight is 534 g/mol. The Kier molecular flexibility index (Phi) is 8.21. The number of carbonyl (C=O) groups excluding carboxylic acids is 2. The topological polar surface area (TPSA) is 60.9 Å². The molecule has 5 nitrogen and oxygen atoms in total. The van der Waals surface area contributed by atoms with Crippen LogP contribution in [0.15, 0.2) is 36.4 Å². The summed E-state index contributed by atoms with van der Waals surface area (Å²) < 4.78 is 93.1. The molecule has 2 atom stereocenters. The van der Waals surface area contributed by atoms with Crippen molar-refractivity contribution in [3.63, 3.8) is 0 Å². The maximum absolute atomic E-state index is 13.7. The minimum absolute atomic E-state index is 0.0204. The van der Waals surface area contributed by atoms with Gasteiger partial charge in [-0.15, -0.1) is 0 Å². The second-order valence-electron chi connectivity index (χ2n) is 9.11. The number of aliphatic hydroxyl groups is 1. The molecule has 1 saturated heterocycles. The lowest BCUT2D eigenvalue weighted by Crippen LogP contribution is -2.48. The minimum atomic E-state index is -5.02. The Labute approximate surface area is 208 Å². The van der Waals surface area contributed by atoms with Gasteiger partial charge in [0.05, 0.1) is 11.1 Å². The van der Waals surface area contributed by atoms with Crippen molar-refractivity contribution in [2.75, 3.05) is 26.7 Å². The number of hydrogen-bond donors (Lipinski definition) is 1. The third kappa shape index (κ3) is 6.60. The summed E-state index contributed by atoms with van der Waals surface area (Å²) in [5.41, 5.74) is -2.22. The molecule has 202 valence electrons. The van der Waals surface area contributed by atoms with E-state index >= 15 is 0 Å². The van der Waals surface area contributed by atoms with Crippen LogP contribution in [0, 0.1) is 18.7 Å². The summed E-state index contributed by atoms with van der Waals surface area (Å²) in [4.78, 5) is 27.9. The molecule has 1 aliphatic heterocycles. The Balaban J connectivity index is 1.92. The first-order valence-corrected chi connectivity index (χ1v) is 11.3. The number of alkyl halides is 6. The second-order valence-corrected chi connectivity index (χ2v) is 9.11. The molecule has 0 bridgehead atoms. The van der Waals surface area contributed by atoms with Crippen LogP contribution in [0.5, 0.6) is 0 Å². The van der Waals surface area contributed by atoms with Gasteiger partial charge < -0.3 is 14.9 Å². The molecule has 0 aromatic heterocycles. The van der Waals surface area contributed by atoms with Gasteiger partial charge in [0.2, 0.25) is 11.8 Å². The Bertz CT molecular complexity index is 1130. The van der Waals surface area contributed by atoms with Gasteiger partial charge in [0.15, 0.2) is 0 Å². The molecule has 2 aromatic carbocycles. The first-order valence-electron chi connectivity index (χ1n) is 11.3. The van der Waals surface area contributed by atoms with E-state index < -0.39 is 66.1 Å². The molecular weight excluding hydrogens is 509 g/mol. The number of aryl methyl sites for hydroxylation is 1. The fraction of sp³-hybridized carbons (Fsp3) is 0.440. The van der Waals surface area contributed by atoms with Crippen molar-refractivity contribution in [1.29, 1.82) is 0 Å². The predicted molar refractivity (Wildman–Crippen MR) is 119 cm³/mol. The average Bonchev–Trinajstić information content (AvgIpc) is 2.81. The zero-order valence-electron chi connectivity index (χ0n) is 20.0. The van der Waals surface area contributed by atoms with Crippen LogP contribution in [0.3, 0.4) is 0 Å². The van der Waals surface area contributed by atoms with Crippen LogP contribution < -0.4 is 0 Å². The van der Waals surface area contributed by atoms with Gasteiger partial charge in [0.1, 0.15) is 12.4 Å². The fourth-order valence-electron chi connectivity index (χ4n) is 4.69. The van der Waals surface area contributed by atoms with E-state index in [1.54, 1.807) is 6.92 Å². The molecule has 1 N–H and O–H groups in total. The van der Waals surface area contributed by atoms with Gasteiger partial charge in [-0.1, -0.05) is 6.07 Å². The smallest absolute Gasteiger partial charge is 0.387 e. The highest BCUT2D eigenvalue weighted by Gasteiger charge is 2.40. The number of carbonyl (C=O) groups is 2. The Morgan fingerprint density at radius 3 is 2.14 bits per heavy atom.